The highest BCUT2D eigenvalue weighted by atomic mass is 35.5. The van der Waals surface area contributed by atoms with Gasteiger partial charge in [0.1, 0.15) is 5.75 Å². The molecule has 162 valence electrons. The number of benzene rings is 2. The maximum absolute atomic E-state index is 12.6. The fourth-order valence-electron chi connectivity index (χ4n) is 3.54. The molecule has 1 amide bonds. The first-order chi connectivity index (χ1) is 15.1. The van der Waals surface area contributed by atoms with Gasteiger partial charge < -0.3 is 14.5 Å². The quantitative estimate of drug-likeness (QED) is 0.436. The van der Waals surface area contributed by atoms with Crippen LogP contribution in [0.1, 0.15) is 25.3 Å². The standard InChI is InChI=1S/C24H26ClN3O2S/c1-2-3-16-30-21-7-5-4-6-18(21)17-22-23(29)26-24(31-22)28-14-12-27(13-15-28)20-10-8-19(25)9-11-20/h4-11,17H,2-3,12-16H2,1H3. The van der Waals surface area contributed by atoms with Crippen molar-refractivity contribution in [3.63, 3.8) is 0 Å². The molecule has 0 aliphatic carbocycles. The number of hydrogen-bond acceptors (Lipinski definition) is 5. The fourth-order valence-corrected chi connectivity index (χ4v) is 4.62. The van der Waals surface area contributed by atoms with E-state index in [4.69, 9.17) is 16.3 Å². The molecule has 2 heterocycles. The summed E-state index contributed by atoms with van der Waals surface area (Å²) in [5, 5.41) is 1.53. The molecule has 0 N–H and O–H groups in total. The number of halogens is 1. The minimum atomic E-state index is -0.177. The summed E-state index contributed by atoms with van der Waals surface area (Å²) >= 11 is 7.45. The van der Waals surface area contributed by atoms with Crippen molar-refractivity contribution in [1.82, 2.24) is 4.90 Å². The SMILES string of the molecule is CCCCOc1ccccc1C=C1SC(N2CCN(c3ccc(Cl)cc3)CC2)=NC1=O. The van der Waals surface area contributed by atoms with E-state index in [1.54, 1.807) is 0 Å². The summed E-state index contributed by atoms with van der Waals surface area (Å²) in [4.78, 5) is 22.0. The number of anilines is 1. The Balaban J connectivity index is 1.39. The molecule has 31 heavy (non-hydrogen) atoms. The van der Waals surface area contributed by atoms with Crippen LogP contribution >= 0.6 is 23.4 Å². The highest BCUT2D eigenvalue weighted by molar-refractivity contribution is 8.18. The van der Waals surface area contributed by atoms with Gasteiger partial charge in [0.25, 0.3) is 5.91 Å². The van der Waals surface area contributed by atoms with E-state index in [0.717, 1.165) is 60.5 Å². The van der Waals surface area contributed by atoms with E-state index >= 15 is 0 Å². The number of thioether (sulfide) groups is 1. The molecule has 2 aromatic carbocycles. The van der Waals surface area contributed by atoms with E-state index in [1.807, 2.05) is 54.6 Å². The lowest BCUT2D eigenvalue weighted by Crippen LogP contribution is -2.47. The number of carbonyl (C=O) groups is 1. The zero-order valence-electron chi connectivity index (χ0n) is 17.6. The number of rotatable bonds is 6. The Bertz CT molecular complexity index is 983. The van der Waals surface area contributed by atoms with E-state index in [2.05, 4.69) is 21.7 Å². The first kappa shape index (κ1) is 21.8. The molecule has 0 aromatic heterocycles. The van der Waals surface area contributed by atoms with Gasteiger partial charge in [-0.05, 0) is 54.6 Å². The Morgan fingerprint density at radius 3 is 2.52 bits per heavy atom. The van der Waals surface area contributed by atoms with E-state index in [0.29, 0.717) is 11.5 Å². The number of aliphatic imine (C=N–C) groups is 1. The van der Waals surface area contributed by atoms with Crippen LogP contribution in [-0.2, 0) is 4.79 Å². The molecule has 0 spiro atoms. The number of nitrogens with zero attached hydrogens (tertiary/aromatic N) is 3. The predicted octanol–water partition coefficient (Wildman–Crippen LogP) is 5.31. The summed E-state index contributed by atoms with van der Waals surface area (Å²) in [7, 11) is 0. The van der Waals surface area contributed by atoms with Gasteiger partial charge in [0.2, 0.25) is 0 Å². The number of carbonyl (C=O) groups excluding carboxylic acids is 1. The smallest absolute Gasteiger partial charge is 0.286 e. The van der Waals surface area contributed by atoms with Crippen LogP contribution in [0.4, 0.5) is 5.69 Å². The van der Waals surface area contributed by atoms with Crippen molar-refractivity contribution in [1.29, 1.82) is 0 Å². The molecule has 1 saturated heterocycles. The summed E-state index contributed by atoms with van der Waals surface area (Å²) in [6.45, 7) is 6.22. The molecule has 0 unspecified atom stereocenters. The molecule has 4 rings (SSSR count). The topological polar surface area (TPSA) is 45.1 Å². The summed E-state index contributed by atoms with van der Waals surface area (Å²) in [6, 6.07) is 15.8. The average molecular weight is 456 g/mol. The molecule has 0 atom stereocenters. The lowest BCUT2D eigenvalue weighted by atomic mass is 10.2. The van der Waals surface area contributed by atoms with Gasteiger partial charge in [0, 0.05) is 42.5 Å². The summed E-state index contributed by atoms with van der Waals surface area (Å²) in [5.41, 5.74) is 2.08. The van der Waals surface area contributed by atoms with Gasteiger partial charge in [-0.1, -0.05) is 43.1 Å². The Hall–Kier alpha value is -2.44. The monoisotopic (exact) mass is 455 g/mol. The van der Waals surface area contributed by atoms with Crippen molar-refractivity contribution in [2.45, 2.75) is 19.8 Å². The summed E-state index contributed by atoms with van der Waals surface area (Å²) in [6.07, 6.45) is 3.99. The Morgan fingerprint density at radius 1 is 1.06 bits per heavy atom. The van der Waals surface area contributed by atoms with E-state index in [9.17, 15) is 4.79 Å². The van der Waals surface area contributed by atoms with Crippen LogP contribution in [0.2, 0.25) is 5.02 Å². The Morgan fingerprint density at radius 2 is 1.77 bits per heavy atom. The summed E-state index contributed by atoms with van der Waals surface area (Å²) < 4.78 is 5.90. The second-order valence-electron chi connectivity index (χ2n) is 7.50. The zero-order chi connectivity index (χ0) is 21.6. The van der Waals surface area contributed by atoms with Gasteiger partial charge in [0.15, 0.2) is 5.17 Å². The van der Waals surface area contributed by atoms with Crippen LogP contribution < -0.4 is 9.64 Å². The van der Waals surface area contributed by atoms with Gasteiger partial charge in [-0.15, -0.1) is 0 Å². The molecule has 0 bridgehead atoms. The van der Waals surface area contributed by atoms with Crippen molar-refractivity contribution in [3.8, 4) is 5.75 Å². The predicted molar refractivity (Wildman–Crippen MR) is 130 cm³/mol. The third kappa shape index (κ3) is 5.43. The number of ether oxygens (including phenoxy) is 1. The van der Waals surface area contributed by atoms with Gasteiger partial charge in [-0.3, -0.25) is 4.79 Å². The first-order valence-corrected chi connectivity index (χ1v) is 11.8. The van der Waals surface area contributed by atoms with Gasteiger partial charge in [-0.25, -0.2) is 0 Å². The molecule has 1 fully saturated rings. The minimum absolute atomic E-state index is 0.177. The lowest BCUT2D eigenvalue weighted by Gasteiger charge is -2.36. The number of amidine groups is 1. The van der Waals surface area contributed by atoms with E-state index < -0.39 is 0 Å². The molecule has 2 aromatic rings. The highest BCUT2D eigenvalue weighted by Crippen LogP contribution is 2.33. The third-order valence-corrected chi connectivity index (χ3v) is 6.61. The van der Waals surface area contributed by atoms with Crippen molar-refractivity contribution < 1.29 is 9.53 Å². The molecule has 7 heteroatoms. The molecule has 2 aliphatic rings. The highest BCUT2D eigenvalue weighted by Gasteiger charge is 2.28. The van der Waals surface area contributed by atoms with Crippen molar-refractivity contribution >= 4 is 46.2 Å². The minimum Gasteiger partial charge on any atom is -0.493 e. The molecule has 5 nitrogen and oxygen atoms in total. The second kappa shape index (κ2) is 10.2. The van der Waals surface area contributed by atoms with Gasteiger partial charge >= 0.3 is 0 Å². The third-order valence-electron chi connectivity index (χ3n) is 5.31. The van der Waals surface area contributed by atoms with Crippen LogP contribution in [0, 0.1) is 0 Å². The summed E-state index contributed by atoms with van der Waals surface area (Å²) in [5.74, 6) is 0.630. The van der Waals surface area contributed by atoms with Gasteiger partial charge in [-0.2, -0.15) is 4.99 Å². The van der Waals surface area contributed by atoms with Crippen LogP contribution in [-0.4, -0.2) is 48.8 Å². The maximum Gasteiger partial charge on any atom is 0.286 e. The van der Waals surface area contributed by atoms with Crippen LogP contribution in [0.5, 0.6) is 5.75 Å². The van der Waals surface area contributed by atoms with E-state index in [-0.39, 0.29) is 5.91 Å². The number of hydrogen-bond donors (Lipinski definition) is 0. The maximum atomic E-state index is 12.6. The Kier molecular flexibility index (Phi) is 7.20. The fraction of sp³-hybridized carbons (Fsp3) is 0.333. The van der Waals surface area contributed by atoms with E-state index in [1.165, 1.54) is 17.4 Å². The molecule has 2 aliphatic heterocycles. The molecule has 0 saturated carbocycles. The number of amides is 1. The van der Waals surface area contributed by atoms with Crippen molar-refractivity contribution in [2.75, 3.05) is 37.7 Å². The molecule has 0 radical (unpaired) electrons. The van der Waals surface area contributed by atoms with Gasteiger partial charge in [0.05, 0.1) is 11.5 Å². The van der Waals surface area contributed by atoms with Crippen LogP contribution in [0.25, 0.3) is 6.08 Å². The molecular formula is C24H26ClN3O2S. The average Bonchev–Trinajstić information content (AvgIpc) is 3.16. The largest absolute Gasteiger partial charge is 0.493 e. The Labute approximate surface area is 192 Å². The van der Waals surface area contributed by atoms with Crippen LogP contribution in [0.3, 0.4) is 0 Å². The first-order valence-electron chi connectivity index (χ1n) is 10.6. The number of piperazine rings is 1. The number of unbranched alkanes of at least 4 members (excludes halogenated alkanes) is 1. The lowest BCUT2D eigenvalue weighted by molar-refractivity contribution is -0.113. The van der Waals surface area contributed by atoms with Crippen molar-refractivity contribution in [2.24, 2.45) is 4.99 Å². The zero-order valence-corrected chi connectivity index (χ0v) is 19.2. The number of para-hydroxylation sites is 1. The van der Waals surface area contributed by atoms with Crippen molar-refractivity contribution in [3.05, 3.63) is 64.0 Å². The van der Waals surface area contributed by atoms with Crippen LogP contribution in [0.15, 0.2) is 58.4 Å². The normalized spacial score (nSPS) is 17.9. The molecular weight excluding hydrogens is 430 g/mol. The second-order valence-corrected chi connectivity index (χ2v) is 8.95.